The number of fused-ring (bicyclic) bond motifs is 1. The van der Waals surface area contributed by atoms with Crippen molar-refractivity contribution in [3.05, 3.63) is 41.6 Å². The third kappa shape index (κ3) is 5.63. The summed E-state index contributed by atoms with van der Waals surface area (Å²) in [5.41, 5.74) is 4.10. The molecule has 1 fully saturated rings. The van der Waals surface area contributed by atoms with Crippen LogP contribution in [0.2, 0.25) is 0 Å². The average molecular weight is 476 g/mol. The Bertz CT molecular complexity index is 1120. The minimum atomic E-state index is -4.74. The molecule has 0 saturated carbocycles. The fraction of sp³-hybridized carbons (Fsp3) is 0.520. The molecular weight excluding hydrogens is 443 g/mol. The first-order valence-electron chi connectivity index (χ1n) is 11.9. The largest absolute Gasteiger partial charge is 0.573 e. The number of anilines is 1. The van der Waals surface area contributed by atoms with E-state index in [0.29, 0.717) is 22.8 Å². The van der Waals surface area contributed by atoms with Gasteiger partial charge in [0.2, 0.25) is 0 Å². The molecule has 1 saturated heterocycles. The zero-order valence-electron chi connectivity index (χ0n) is 20.0. The molecule has 1 aromatic carbocycles. The van der Waals surface area contributed by atoms with Gasteiger partial charge in [-0.2, -0.15) is 0 Å². The molecule has 34 heavy (non-hydrogen) atoms. The van der Waals surface area contributed by atoms with Crippen LogP contribution in [-0.4, -0.2) is 52.5 Å². The normalized spacial score (nSPS) is 15.7. The quantitative estimate of drug-likeness (QED) is 0.453. The second-order valence-corrected chi connectivity index (χ2v) is 9.14. The fourth-order valence-corrected chi connectivity index (χ4v) is 4.53. The summed E-state index contributed by atoms with van der Waals surface area (Å²) in [5.74, 6) is 1.16. The second kappa shape index (κ2) is 10.2. The summed E-state index contributed by atoms with van der Waals surface area (Å²) < 4.78 is 44.0. The number of ether oxygens (including phenoxy) is 1. The van der Waals surface area contributed by atoms with Crippen LogP contribution in [0.5, 0.6) is 5.75 Å². The predicted octanol–water partition coefficient (Wildman–Crippen LogP) is 5.70. The Kier molecular flexibility index (Phi) is 7.30. The van der Waals surface area contributed by atoms with E-state index < -0.39 is 6.36 Å². The molecule has 0 unspecified atom stereocenters. The second-order valence-electron chi connectivity index (χ2n) is 9.14. The lowest BCUT2D eigenvalue weighted by atomic mass is 9.97. The first-order chi connectivity index (χ1) is 16.2. The lowest BCUT2D eigenvalue weighted by Gasteiger charge is -2.29. The number of halogens is 3. The molecule has 9 heteroatoms. The van der Waals surface area contributed by atoms with Gasteiger partial charge in [-0.3, -0.25) is 0 Å². The van der Waals surface area contributed by atoms with Crippen LogP contribution in [-0.2, 0) is 6.42 Å². The molecule has 3 heterocycles. The molecule has 0 bridgehead atoms. The van der Waals surface area contributed by atoms with Crippen molar-refractivity contribution in [2.24, 2.45) is 5.92 Å². The number of benzene rings is 1. The van der Waals surface area contributed by atoms with E-state index in [1.807, 2.05) is 6.92 Å². The molecule has 1 N–H and O–H groups in total. The zero-order chi connectivity index (χ0) is 24.3. The third-order valence-electron chi connectivity index (χ3n) is 6.55. The van der Waals surface area contributed by atoms with Crippen molar-refractivity contribution in [3.63, 3.8) is 0 Å². The fourth-order valence-electron chi connectivity index (χ4n) is 4.53. The van der Waals surface area contributed by atoms with Gasteiger partial charge in [-0.25, -0.2) is 9.50 Å². The lowest BCUT2D eigenvalue weighted by molar-refractivity contribution is -0.274. The smallest absolute Gasteiger partial charge is 0.406 e. The first kappa shape index (κ1) is 24.3. The number of imidazole rings is 1. The number of hydrogen-bond donors (Lipinski definition) is 1. The van der Waals surface area contributed by atoms with Crippen LogP contribution < -0.4 is 10.1 Å². The van der Waals surface area contributed by atoms with Crippen molar-refractivity contribution in [1.29, 1.82) is 0 Å². The van der Waals surface area contributed by atoms with E-state index in [0.717, 1.165) is 68.7 Å². The van der Waals surface area contributed by atoms with Gasteiger partial charge in [0.1, 0.15) is 5.75 Å². The van der Waals surface area contributed by atoms with Gasteiger partial charge in [0.25, 0.3) is 0 Å². The van der Waals surface area contributed by atoms with Crippen LogP contribution in [0.25, 0.3) is 16.9 Å². The number of piperidine rings is 1. The molecule has 6 nitrogen and oxygen atoms in total. The van der Waals surface area contributed by atoms with Gasteiger partial charge in [0.05, 0.1) is 11.9 Å². The van der Waals surface area contributed by atoms with E-state index in [1.165, 1.54) is 18.2 Å². The van der Waals surface area contributed by atoms with Gasteiger partial charge < -0.3 is 15.0 Å². The Labute approximate surface area is 198 Å². The van der Waals surface area contributed by atoms with E-state index in [4.69, 9.17) is 5.10 Å². The van der Waals surface area contributed by atoms with Gasteiger partial charge in [-0.05, 0) is 70.8 Å². The zero-order valence-corrected chi connectivity index (χ0v) is 20.0. The summed E-state index contributed by atoms with van der Waals surface area (Å²) in [6, 6.07) is 5.93. The van der Waals surface area contributed by atoms with Crippen LogP contribution in [0, 0.1) is 12.8 Å². The molecule has 2 aromatic heterocycles. The number of likely N-dealkylation sites (tertiary alicyclic amines) is 1. The predicted molar refractivity (Wildman–Crippen MR) is 127 cm³/mol. The molecule has 0 spiro atoms. The number of rotatable bonds is 8. The highest BCUT2D eigenvalue weighted by Gasteiger charge is 2.31. The molecule has 1 aliphatic heterocycles. The van der Waals surface area contributed by atoms with E-state index in [1.54, 1.807) is 16.8 Å². The molecule has 4 rings (SSSR count). The van der Waals surface area contributed by atoms with Crippen molar-refractivity contribution in [2.45, 2.75) is 52.3 Å². The Morgan fingerprint density at radius 2 is 1.97 bits per heavy atom. The Morgan fingerprint density at radius 1 is 1.21 bits per heavy atom. The van der Waals surface area contributed by atoms with Crippen LogP contribution in [0.4, 0.5) is 19.0 Å². The molecule has 3 aromatic rings. The Morgan fingerprint density at radius 3 is 2.68 bits per heavy atom. The van der Waals surface area contributed by atoms with Gasteiger partial charge in [-0.1, -0.05) is 25.5 Å². The number of nitrogens with one attached hydrogen (secondary N) is 1. The maximum Gasteiger partial charge on any atom is 0.573 e. The van der Waals surface area contributed by atoms with Crippen molar-refractivity contribution < 1.29 is 17.9 Å². The van der Waals surface area contributed by atoms with E-state index in [9.17, 15) is 13.2 Å². The van der Waals surface area contributed by atoms with Gasteiger partial charge in [0.15, 0.2) is 11.5 Å². The Hall–Kier alpha value is -2.81. The SMILES string of the molecule is CCCCc1c(NCC2CCN(C)CC2)nn2c(-c3cccc(OC(F)(F)F)c3)cnc2c1C. The minimum Gasteiger partial charge on any atom is -0.406 e. The summed E-state index contributed by atoms with van der Waals surface area (Å²) in [6.07, 6.45) is 2.24. The molecule has 0 aliphatic carbocycles. The van der Waals surface area contributed by atoms with Crippen molar-refractivity contribution in [1.82, 2.24) is 19.5 Å². The summed E-state index contributed by atoms with van der Waals surface area (Å²) in [6.45, 7) is 7.26. The third-order valence-corrected chi connectivity index (χ3v) is 6.55. The maximum atomic E-state index is 12.7. The van der Waals surface area contributed by atoms with Crippen molar-refractivity contribution >= 4 is 11.5 Å². The molecular formula is C25H32F3N5O. The van der Waals surface area contributed by atoms with Crippen LogP contribution in [0.15, 0.2) is 30.5 Å². The Balaban J connectivity index is 1.68. The van der Waals surface area contributed by atoms with E-state index in [-0.39, 0.29) is 5.75 Å². The number of unbranched alkanes of at least 4 members (excludes halogenated alkanes) is 1. The number of aryl methyl sites for hydroxylation is 1. The summed E-state index contributed by atoms with van der Waals surface area (Å²) >= 11 is 0. The van der Waals surface area contributed by atoms with E-state index >= 15 is 0 Å². The molecule has 0 amide bonds. The van der Waals surface area contributed by atoms with Gasteiger partial charge in [-0.15, -0.1) is 18.3 Å². The highest BCUT2D eigenvalue weighted by molar-refractivity contribution is 5.68. The van der Waals surface area contributed by atoms with Gasteiger partial charge in [0, 0.05) is 23.2 Å². The summed E-state index contributed by atoms with van der Waals surface area (Å²) in [4.78, 5) is 6.92. The average Bonchev–Trinajstić information content (AvgIpc) is 3.21. The number of hydrogen-bond acceptors (Lipinski definition) is 5. The minimum absolute atomic E-state index is 0.267. The summed E-state index contributed by atoms with van der Waals surface area (Å²) in [7, 11) is 2.15. The lowest BCUT2D eigenvalue weighted by Crippen LogP contribution is -2.33. The monoisotopic (exact) mass is 475 g/mol. The highest BCUT2D eigenvalue weighted by Crippen LogP contribution is 2.31. The molecule has 184 valence electrons. The van der Waals surface area contributed by atoms with Gasteiger partial charge >= 0.3 is 6.36 Å². The first-order valence-corrected chi connectivity index (χ1v) is 11.9. The number of alkyl halides is 3. The van der Waals surface area contributed by atoms with Crippen LogP contribution in [0.3, 0.4) is 0 Å². The van der Waals surface area contributed by atoms with E-state index in [2.05, 4.69) is 33.9 Å². The van der Waals surface area contributed by atoms with Crippen molar-refractivity contribution in [2.75, 3.05) is 32.0 Å². The topological polar surface area (TPSA) is 54.7 Å². The molecule has 0 radical (unpaired) electrons. The standard InChI is InChI=1S/C25H32F3N5O/c1-4-5-9-21-17(2)24-30-16-22(19-7-6-8-20(14-19)34-25(26,27)28)33(24)31-23(21)29-15-18-10-12-32(3)13-11-18/h6-8,14,16,18H,4-5,9-13,15H2,1-3H3,(H,29,31). The molecule has 1 aliphatic rings. The number of nitrogens with zero attached hydrogens (tertiary/aromatic N) is 4. The van der Waals surface area contributed by atoms with Crippen LogP contribution in [0.1, 0.15) is 43.7 Å². The molecule has 0 atom stereocenters. The summed E-state index contributed by atoms with van der Waals surface area (Å²) in [5, 5.41) is 8.50. The number of aromatic nitrogens is 3. The highest BCUT2D eigenvalue weighted by atomic mass is 19.4. The van der Waals surface area contributed by atoms with Crippen molar-refractivity contribution in [3.8, 4) is 17.0 Å². The maximum absolute atomic E-state index is 12.7. The van der Waals surface area contributed by atoms with Crippen LogP contribution >= 0.6 is 0 Å².